The largest absolute Gasteiger partial charge is 0.481 e. The van der Waals surface area contributed by atoms with E-state index in [4.69, 9.17) is 0 Å². The molecule has 2 atom stereocenters. The lowest BCUT2D eigenvalue weighted by Gasteiger charge is -2.32. The minimum absolute atomic E-state index is 0.0181. The Bertz CT molecular complexity index is 681. The number of anilines is 1. The first-order valence-corrected chi connectivity index (χ1v) is 9.23. The minimum atomic E-state index is -0.812. The van der Waals surface area contributed by atoms with Gasteiger partial charge >= 0.3 is 5.97 Å². The molecule has 1 aromatic rings. The van der Waals surface area contributed by atoms with E-state index in [9.17, 15) is 14.3 Å². The van der Waals surface area contributed by atoms with Gasteiger partial charge in [-0.25, -0.2) is 14.4 Å². The molecule has 1 N–H and O–H groups in total. The molecule has 2 aliphatic heterocycles. The van der Waals surface area contributed by atoms with Crippen LogP contribution in [0.3, 0.4) is 0 Å². The van der Waals surface area contributed by atoms with Crippen LogP contribution >= 0.6 is 0 Å². The van der Waals surface area contributed by atoms with Crippen molar-refractivity contribution in [2.24, 2.45) is 17.3 Å². The van der Waals surface area contributed by atoms with Gasteiger partial charge in [0.1, 0.15) is 11.7 Å². The highest BCUT2D eigenvalue weighted by atomic mass is 19.1. The fraction of sp³-hybridized carbons (Fsp3) is 0.722. The zero-order valence-corrected chi connectivity index (χ0v) is 14.6. The van der Waals surface area contributed by atoms with Crippen molar-refractivity contribution in [1.29, 1.82) is 0 Å². The second kappa shape index (κ2) is 6.20. The maximum atomic E-state index is 14.6. The van der Waals surface area contributed by atoms with Gasteiger partial charge in [0.05, 0.1) is 5.69 Å². The molecule has 25 heavy (non-hydrogen) atoms. The highest BCUT2D eigenvalue weighted by Gasteiger charge is 2.58. The Kier molecular flexibility index (Phi) is 4.14. The number of rotatable bonds is 5. The van der Waals surface area contributed by atoms with Crippen molar-refractivity contribution < 1.29 is 14.3 Å². The second-order valence-corrected chi connectivity index (χ2v) is 7.84. The Labute approximate surface area is 147 Å². The number of carbonyl (C=O) groups is 1. The Morgan fingerprint density at radius 3 is 2.76 bits per heavy atom. The molecule has 2 saturated heterocycles. The van der Waals surface area contributed by atoms with E-state index in [-0.39, 0.29) is 11.7 Å². The predicted octanol–water partition coefficient (Wildman–Crippen LogP) is 1.80. The summed E-state index contributed by atoms with van der Waals surface area (Å²) in [7, 11) is 0. The molecule has 0 amide bonds. The van der Waals surface area contributed by atoms with E-state index < -0.39 is 17.2 Å². The molecule has 136 valence electrons. The lowest BCUT2D eigenvalue weighted by atomic mass is 9.81. The molecule has 0 radical (unpaired) electrons. The highest BCUT2D eigenvalue weighted by molar-refractivity contribution is 5.78. The maximum Gasteiger partial charge on any atom is 0.313 e. The SMILES string of the molecule is CCc1ncnc(N2C[C@H]3CN(CC4CCC4)C[C@@]3(C(=O)O)C2)c1F. The van der Waals surface area contributed by atoms with Gasteiger partial charge in [-0.05, 0) is 25.2 Å². The second-order valence-electron chi connectivity index (χ2n) is 7.84. The fourth-order valence-electron chi connectivity index (χ4n) is 4.68. The zero-order chi connectivity index (χ0) is 17.6. The van der Waals surface area contributed by atoms with Crippen LogP contribution in [0.2, 0.25) is 0 Å². The van der Waals surface area contributed by atoms with Crippen LogP contribution in [-0.2, 0) is 11.2 Å². The van der Waals surface area contributed by atoms with Crippen LogP contribution in [0, 0.1) is 23.1 Å². The maximum absolute atomic E-state index is 14.6. The highest BCUT2D eigenvalue weighted by Crippen LogP contribution is 2.45. The van der Waals surface area contributed by atoms with Gasteiger partial charge < -0.3 is 14.9 Å². The summed E-state index contributed by atoms with van der Waals surface area (Å²) in [6, 6.07) is 0. The van der Waals surface area contributed by atoms with Crippen molar-refractivity contribution in [2.75, 3.05) is 37.6 Å². The summed E-state index contributed by atoms with van der Waals surface area (Å²) in [4.78, 5) is 24.3. The van der Waals surface area contributed by atoms with Gasteiger partial charge in [0.25, 0.3) is 0 Å². The summed E-state index contributed by atoms with van der Waals surface area (Å²) < 4.78 is 14.6. The molecule has 0 spiro atoms. The van der Waals surface area contributed by atoms with Crippen LogP contribution < -0.4 is 4.90 Å². The summed E-state index contributed by atoms with van der Waals surface area (Å²) in [5, 5.41) is 9.95. The number of hydrogen-bond acceptors (Lipinski definition) is 5. The average molecular weight is 348 g/mol. The normalized spacial score (nSPS) is 29.7. The first kappa shape index (κ1) is 16.7. The molecule has 0 aromatic carbocycles. The van der Waals surface area contributed by atoms with E-state index in [2.05, 4.69) is 14.9 Å². The van der Waals surface area contributed by atoms with Gasteiger partial charge in [-0.2, -0.15) is 0 Å². The van der Waals surface area contributed by atoms with E-state index in [0.29, 0.717) is 31.7 Å². The van der Waals surface area contributed by atoms with Crippen LogP contribution in [0.25, 0.3) is 0 Å². The Balaban J connectivity index is 1.54. The van der Waals surface area contributed by atoms with E-state index in [1.807, 2.05) is 11.8 Å². The van der Waals surface area contributed by atoms with Gasteiger partial charge in [0.2, 0.25) is 0 Å². The third-order valence-corrected chi connectivity index (χ3v) is 6.32. The van der Waals surface area contributed by atoms with Crippen molar-refractivity contribution in [2.45, 2.75) is 32.6 Å². The summed E-state index contributed by atoms with van der Waals surface area (Å²) >= 11 is 0. The van der Waals surface area contributed by atoms with Gasteiger partial charge in [0, 0.05) is 38.6 Å². The van der Waals surface area contributed by atoms with E-state index in [1.165, 1.54) is 25.6 Å². The van der Waals surface area contributed by atoms with Crippen molar-refractivity contribution in [3.8, 4) is 0 Å². The summed E-state index contributed by atoms with van der Waals surface area (Å²) in [5.74, 6) is -0.165. The summed E-state index contributed by atoms with van der Waals surface area (Å²) in [6.07, 6.45) is 5.70. The third-order valence-electron chi connectivity index (χ3n) is 6.32. The molecule has 3 fully saturated rings. The molecule has 0 bridgehead atoms. The minimum Gasteiger partial charge on any atom is -0.481 e. The Hall–Kier alpha value is -1.76. The molecular formula is C18H25FN4O2. The quantitative estimate of drug-likeness (QED) is 0.875. The predicted molar refractivity (Wildman–Crippen MR) is 90.9 cm³/mol. The van der Waals surface area contributed by atoms with Gasteiger partial charge in [0.15, 0.2) is 11.6 Å². The van der Waals surface area contributed by atoms with Gasteiger partial charge in [-0.3, -0.25) is 4.79 Å². The molecule has 7 heteroatoms. The van der Waals surface area contributed by atoms with Crippen LogP contribution in [0.15, 0.2) is 6.33 Å². The topological polar surface area (TPSA) is 69.6 Å². The van der Waals surface area contributed by atoms with Crippen molar-refractivity contribution in [3.63, 3.8) is 0 Å². The van der Waals surface area contributed by atoms with Crippen LogP contribution in [0.1, 0.15) is 31.9 Å². The van der Waals surface area contributed by atoms with Gasteiger partial charge in [-0.1, -0.05) is 13.3 Å². The molecule has 1 aliphatic carbocycles. The zero-order valence-electron chi connectivity index (χ0n) is 14.6. The standard InChI is InChI=1S/C18H25FN4O2/c1-2-14-15(19)16(21-11-20-14)23-8-13-7-22(6-12-4-3-5-12)9-18(13,10-23)17(24)25/h11-13H,2-10H2,1H3,(H,24,25)/t13-,18-/m1/s1. The summed E-state index contributed by atoms with van der Waals surface area (Å²) in [5.41, 5.74) is -0.425. The van der Waals surface area contributed by atoms with E-state index >= 15 is 0 Å². The molecule has 1 saturated carbocycles. The number of carboxylic acids is 1. The number of aryl methyl sites for hydroxylation is 1. The molecule has 1 aromatic heterocycles. The first-order valence-electron chi connectivity index (χ1n) is 9.23. The number of halogens is 1. The molecule has 4 rings (SSSR count). The van der Waals surface area contributed by atoms with Crippen LogP contribution in [-0.4, -0.2) is 58.7 Å². The fourth-order valence-corrected chi connectivity index (χ4v) is 4.68. The number of likely N-dealkylation sites (tertiary alicyclic amines) is 1. The molecular weight excluding hydrogens is 323 g/mol. The van der Waals surface area contributed by atoms with E-state index in [0.717, 1.165) is 19.0 Å². The van der Waals surface area contributed by atoms with Crippen LogP contribution in [0.5, 0.6) is 0 Å². The number of nitrogens with zero attached hydrogens (tertiary/aromatic N) is 4. The average Bonchev–Trinajstić information content (AvgIpc) is 3.06. The smallest absolute Gasteiger partial charge is 0.313 e. The third kappa shape index (κ3) is 2.69. The molecule has 6 nitrogen and oxygen atoms in total. The van der Waals surface area contributed by atoms with E-state index in [1.54, 1.807) is 0 Å². The lowest BCUT2D eigenvalue weighted by molar-refractivity contribution is -0.148. The summed E-state index contributed by atoms with van der Waals surface area (Å²) in [6.45, 7) is 5.08. The number of carboxylic acid groups (broad SMARTS) is 1. The molecule has 3 heterocycles. The first-order chi connectivity index (χ1) is 12.0. The monoisotopic (exact) mass is 348 g/mol. The van der Waals surface area contributed by atoms with Crippen molar-refractivity contribution >= 4 is 11.8 Å². The molecule has 3 aliphatic rings. The van der Waals surface area contributed by atoms with Gasteiger partial charge in [-0.15, -0.1) is 0 Å². The lowest BCUT2D eigenvalue weighted by Crippen LogP contribution is -2.42. The van der Waals surface area contributed by atoms with Crippen molar-refractivity contribution in [3.05, 3.63) is 17.8 Å². The number of aliphatic carboxylic acids is 1. The van der Waals surface area contributed by atoms with Crippen molar-refractivity contribution in [1.82, 2.24) is 14.9 Å². The van der Waals surface area contributed by atoms with Crippen LogP contribution in [0.4, 0.5) is 10.2 Å². The number of fused-ring (bicyclic) bond motifs is 1. The molecule has 0 unspecified atom stereocenters. The Morgan fingerprint density at radius 2 is 2.16 bits per heavy atom. The number of hydrogen-bond donors (Lipinski definition) is 1. The Morgan fingerprint density at radius 1 is 1.36 bits per heavy atom. The number of aromatic nitrogens is 2.